The molecule has 94 valence electrons. The Labute approximate surface area is 115 Å². The maximum atomic E-state index is 11.8. The Kier molecular flexibility index (Phi) is 5.70. The molecule has 0 aromatic heterocycles. The number of benzene rings is 1. The second kappa shape index (κ2) is 6.80. The summed E-state index contributed by atoms with van der Waals surface area (Å²) in [5.41, 5.74) is 1.94. The molecule has 1 aromatic rings. The Balaban J connectivity index is 2.64. The average Bonchev–Trinajstić information content (AvgIpc) is 2.31. The number of urea groups is 1. The summed E-state index contributed by atoms with van der Waals surface area (Å²) < 4.78 is 6.07. The van der Waals surface area contributed by atoms with Crippen molar-refractivity contribution in [3.8, 4) is 0 Å². The molecule has 0 aliphatic carbocycles. The Bertz CT molecular complexity index is 396. The maximum absolute atomic E-state index is 11.8. The summed E-state index contributed by atoms with van der Waals surface area (Å²) in [6.07, 6.45) is 0. The summed E-state index contributed by atoms with van der Waals surface area (Å²) in [6.45, 7) is 3.10. The van der Waals surface area contributed by atoms with Crippen molar-refractivity contribution >= 4 is 34.3 Å². The molecule has 0 atom stereocenters. The van der Waals surface area contributed by atoms with Crippen molar-refractivity contribution in [3.05, 3.63) is 27.3 Å². The first-order chi connectivity index (χ1) is 8.06. The van der Waals surface area contributed by atoms with Crippen LogP contribution in [0.3, 0.4) is 0 Å². The zero-order chi connectivity index (χ0) is 12.8. The van der Waals surface area contributed by atoms with Crippen LogP contribution in [-0.2, 0) is 4.74 Å². The van der Waals surface area contributed by atoms with Gasteiger partial charge in [0.1, 0.15) is 0 Å². The van der Waals surface area contributed by atoms with E-state index in [0.29, 0.717) is 13.2 Å². The Morgan fingerprint density at radius 3 is 2.88 bits per heavy atom. The van der Waals surface area contributed by atoms with Gasteiger partial charge in [-0.2, -0.15) is 0 Å². The van der Waals surface area contributed by atoms with Crippen LogP contribution in [0, 0.1) is 10.5 Å². The number of anilines is 1. The highest BCUT2D eigenvalue weighted by Gasteiger charge is 2.10. The van der Waals surface area contributed by atoms with Gasteiger partial charge in [-0.25, -0.2) is 4.79 Å². The van der Waals surface area contributed by atoms with Gasteiger partial charge in [-0.3, -0.25) is 0 Å². The first-order valence-corrected chi connectivity index (χ1v) is 6.40. The Hall–Kier alpha value is -0.820. The minimum atomic E-state index is -0.118. The maximum Gasteiger partial charge on any atom is 0.321 e. The summed E-state index contributed by atoms with van der Waals surface area (Å²) in [4.78, 5) is 13.4. The van der Waals surface area contributed by atoms with Crippen LogP contribution < -0.4 is 5.32 Å². The third kappa shape index (κ3) is 4.16. The molecule has 0 saturated carbocycles. The molecule has 2 amide bonds. The number of carbonyl (C=O) groups is 1. The van der Waals surface area contributed by atoms with E-state index >= 15 is 0 Å². The van der Waals surface area contributed by atoms with Crippen LogP contribution in [0.5, 0.6) is 0 Å². The molecule has 1 aromatic carbocycles. The fraction of sp³-hybridized carbons (Fsp3) is 0.417. The molecule has 0 unspecified atom stereocenters. The molecule has 0 heterocycles. The van der Waals surface area contributed by atoms with Crippen LogP contribution in [-0.4, -0.2) is 38.2 Å². The molecule has 1 N–H and O–H groups in total. The van der Waals surface area contributed by atoms with Crippen LogP contribution in [0.2, 0.25) is 0 Å². The summed E-state index contributed by atoms with van der Waals surface area (Å²) in [6, 6.07) is 5.73. The first-order valence-electron chi connectivity index (χ1n) is 5.32. The average molecular weight is 348 g/mol. The topological polar surface area (TPSA) is 41.6 Å². The van der Waals surface area contributed by atoms with Crippen LogP contribution in [0.15, 0.2) is 18.2 Å². The summed E-state index contributed by atoms with van der Waals surface area (Å²) in [5, 5.41) is 2.89. The van der Waals surface area contributed by atoms with E-state index in [4.69, 9.17) is 4.74 Å². The largest absolute Gasteiger partial charge is 0.383 e. The third-order valence-electron chi connectivity index (χ3n) is 2.49. The lowest BCUT2D eigenvalue weighted by Crippen LogP contribution is -2.34. The van der Waals surface area contributed by atoms with E-state index in [-0.39, 0.29) is 6.03 Å². The molecular weight excluding hydrogens is 331 g/mol. The predicted molar refractivity (Wildman–Crippen MR) is 77.4 cm³/mol. The number of nitrogens with one attached hydrogen (secondary N) is 1. The van der Waals surface area contributed by atoms with E-state index < -0.39 is 0 Å². The van der Waals surface area contributed by atoms with Gasteiger partial charge in [0.15, 0.2) is 0 Å². The monoisotopic (exact) mass is 348 g/mol. The van der Waals surface area contributed by atoms with Gasteiger partial charge in [-0.05, 0) is 47.2 Å². The number of hydrogen-bond acceptors (Lipinski definition) is 2. The van der Waals surface area contributed by atoms with E-state index in [1.54, 1.807) is 19.1 Å². The second-order valence-corrected chi connectivity index (χ2v) is 4.92. The molecule has 0 fully saturated rings. The quantitative estimate of drug-likeness (QED) is 0.851. The van der Waals surface area contributed by atoms with Crippen molar-refractivity contribution in [1.29, 1.82) is 0 Å². The number of hydrogen-bond donors (Lipinski definition) is 1. The number of methoxy groups -OCH3 is 1. The molecule has 17 heavy (non-hydrogen) atoms. The van der Waals surface area contributed by atoms with Gasteiger partial charge >= 0.3 is 6.03 Å². The van der Waals surface area contributed by atoms with Crippen molar-refractivity contribution < 1.29 is 9.53 Å². The molecule has 0 aliphatic heterocycles. The van der Waals surface area contributed by atoms with Gasteiger partial charge in [0, 0.05) is 30.0 Å². The molecule has 0 bridgehead atoms. The lowest BCUT2D eigenvalue weighted by atomic mass is 10.2. The van der Waals surface area contributed by atoms with Gasteiger partial charge in [0.25, 0.3) is 0 Å². The van der Waals surface area contributed by atoms with Crippen LogP contribution in [0.1, 0.15) is 5.56 Å². The van der Waals surface area contributed by atoms with E-state index in [2.05, 4.69) is 27.9 Å². The summed E-state index contributed by atoms with van der Waals surface area (Å²) in [7, 11) is 3.37. The molecule has 1 rings (SSSR count). The van der Waals surface area contributed by atoms with E-state index in [9.17, 15) is 4.79 Å². The fourth-order valence-corrected chi connectivity index (χ4v) is 1.78. The van der Waals surface area contributed by atoms with Gasteiger partial charge < -0.3 is 15.0 Å². The second-order valence-electron chi connectivity index (χ2n) is 3.76. The van der Waals surface area contributed by atoms with Crippen LogP contribution in [0.25, 0.3) is 0 Å². The lowest BCUT2D eigenvalue weighted by Gasteiger charge is -2.18. The Morgan fingerprint density at radius 1 is 1.53 bits per heavy atom. The first kappa shape index (κ1) is 14.2. The number of ether oxygens (including phenoxy) is 1. The number of halogens is 1. The smallest absolute Gasteiger partial charge is 0.321 e. The van der Waals surface area contributed by atoms with Crippen molar-refractivity contribution in [1.82, 2.24) is 4.90 Å². The van der Waals surface area contributed by atoms with E-state index in [1.807, 2.05) is 25.1 Å². The molecule has 0 aliphatic rings. The van der Waals surface area contributed by atoms with E-state index in [1.165, 1.54) is 0 Å². The fourth-order valence-electron chi connectivity index (χ4n) is 1.28. The minimum absolute atomic E-state index is 0.118. The van der Waals surface area contributed by atoms with Gasteiger partial charge in [0.2, 0.25) is 0 Å². The standard InChI is InChI=1S/C12H17IN2O2/c1-9-10(13)5-4-6-11(9)14-12(16)15(2)7-8-17-3/h4-6H,7-8H2,1-3H3,(H,14,16). The van der Waals surface area contributed by atoms with Gasteiger partial charge in [-0.15, -0.1) is 0 Å². The SMILES string of the molecule is COCCN(C)C(=O)Nc1cccc(I)c1C. The van der Waals surface area contributed by atoms with Crippen LogP contribution >= 0.6 is 22.6 Å². The number of rotatable bonds is 4. The Morgan fingerprint density at radius 2 is 2.24 bits per heavy atom. The van der Waals surface area contributed by atoms with Gasteiger partial charge in [0.05, 0.1) is 6.61 Å². The van der Waals surface area contributed by atoms with Crippen molar-refractivity contribution in [2.24, 2.45) is 0 Å². The molecule has 4 nitrogen and oxygen atoms in total. The highest BCUT2D eigenvalue weighted by molar-refractivity contribution is 14.1. The highest BCUT2D eigenvalue weighted by Crippen LogP contribution is 2.20. The number of nitrogens with zero attached hydrogens (tertiary/aromatic N) is 1. The van der Waals surface area contributed by atoms with Crippen molar-refractivity contribution in [2.45, 2.75) is 6.92 Å². The zero-order valence-corrected chi connectivity index (χ0v) is 12.4. The normalized spacial score (nSPS) is 10.1. The molecular formula is C12H17IN2O2. The molecule has 5 heteroatoms. The number of carbonyl (C=O) groups excluding carboxylic acids is 1. The summed E-state index contributed by atoms with van der Waals surface area (Å²) in [5.74, 6) is 0. The predicted octanol–water partition coefficient (Wildman–Crippen LogP) is 2.71. The third-order valence-corrected chi connectivity index (χ3v) is 3.66. The van der Waals surface area contributed by atoms with Crippen molar-refractivity contribution in [2.75, 3.05) is 32.6 Å². The molecule has 0 radical (unpaired) electrons. The van der Waals surface area contributed by atoms with Crippen molar-refractivity contribution in [3.63, 3.8) is 0 Å². The minimum Gasteiger partial charge on any atom is -0.383 e. The highest BCUT2D eigenvalue weighted by atomic mass is 127. The molecule has 0 saturated heterocycles. The van der Waals surface area contributed by atoms with Crippen LogP contribution in [0.4, 0.5) is 10.5 Å². The molecule has 0 spiro atoms. The lowest BCUT2D eigenvalue weighted by molar-refractivity contribution is 0.165. The number of amides is 2. The van der Waals surface area contributed by atoms with Gasteiger partial charge in [-0.1, -0.05) is 6.07 Å². The zero-order valence-electron chi connectivity index (χ0n) is 10.3. The van der Waals surface area contributed by atoms with E-state index in [0.717, 1.165) is 14.8 Å². The number of likely N-dealkylation sites (N-methyl/N-ethyl adjacent to an activating group) is 1. The summed E-state index contributed by atoms with van der Waals surface area (Å²) >= 11 is 2.25.